The average molecular weight is 312 g/mol. The van der Waals surface area contributed by atoms with E-state index in [-0.39, 0.29) is 6.42 Å². The van der Waals surface area contributed by atoms with Gasteiger partial charge >= 0.3 is 0 Å². The standard InChI is InChI=1S/C15H15Cl2NO2/c1-10(19)15(20,12-3-2-6-18-9-12)8-11-4-5-13(16)7-14(11)17/h2-7,9-10,19-20H,8H2,1H3. The smallest absolute Gasteiger partial charge is 0.121 e. The zero-order valence-electron chi connectivity index (χ0n) is 10.9. The molecule has 2 rings (SSSR count). The predicted molar refractivity (Wildman–Crippen MR) is 80.0 cm³/mol. The molecule has 1 heterocycles. The molecular weight excluding hydrogens is 297 g/mol. The first-order valence-corrected chi connectivity index (χ1v) is 6.94. The normalized spacial score (nSPS) is 15.7. The van der Waals surface area contributed by atoms with Gasteiger partial charge < -0.3 is 10.2 Å². The summed E-state index contributed by atoms with van der Waals surface area (Å²) in [7, 11) is 0. The Kier molecular flexibility index (Phi) is 4.66. The maximum absolute atomic E-state index is 10.8. The van der Waals surface area contributed by atoms with Crippen LogP contribution >= 0.6 is 23.2 Å². The number of aromatic nitrogens is 1. The van der Waals surface area contributed by atoms with E-state index in [9.17, 15) is 10.2 Å². The van der Waals surface area contributed by atoms with E-state index in [1.54, 1.807) is 36.5 Å². The molecule has 106 valence electrons. The molecule has 0 aliphatic heterocycles. The highest BCUT2D eigenvalue weighted by Gasteiger charge is 2.35. The Morgan fingerprint density at radius 2 is 2.05 bits per heavy atom. The molecule has 0 bridgehead atoms. The van der Waals surface area contributed by atoms with E-state index in [0.29, 0.717) is 21.2 Å². The van der Waals surface area contributed by atoms with Crippen molar-refractivity contribution in [2.24, 2.45) is 0 Å². The van der Waals surface area contributed by atoms with Crippen LogP contribution in [0.3, 0.4) is 0 Å². The number of pyridine rings is 1. The van der Waals surface area contributed by atoms with Gasteiger partial charge in [0.25, 0.3) is 0 Å². The summed E-state index contributed by atoms with van der Waals surface area (Å²) in [4.78, 5) is 3.99. The third-order valence-electron chi connectivity index (χ3n) is 3.33. The van der Waals surface area contributed by atoms with Crippen LogP contribution in [0.15, 0.2) is 42.7 Å². The van der Waals surface area contributed by atoms with Crippen LogP contribution in [-0.4, -0.2) is 21.3 Å². The van der Waals surface area contributed by atoms with E-state index >= 15 is 0 Å². The molecule has 2 N–H and O–H groups in total. The molecule has 2 unspecified atom stereocenters. The van der Waals surface area contributed by atoms with E-state index < -0.39 is 11.7 Å². The van der Waals surface area contributed by atoms with Gasteiger partial charge in [-0.25, -0.2) is 0 Å². The van der Waals surface area contributed by atoms with Gasteiger partial charge in [-0.3, -0.25) is 4.98 Å². The van der Waals surface area contributed by atoms with Crippen molar-refractivity contribution in [1.29, 1.82) is 0 Å². The van der Waals surface area contributed by atoms with Crippen molar-refractivity contribution in [3.63, 3.8) is 0 Å². The summed E-state index contributed by atoms with van der Waals surface area (Å²) in [6.45, 7) is 1.54. The Bertz CT molecular complexity index is 590. The van der Waals surface area contributed by atoms with Gasteiger partial charge in [0.2, 0.25) is 0 Å². The van der Waals surface area contributed by atoms with Crippen LogP contribution in [0.2, 0.25) is 10.0 Å². The van der Waals surface area contributed by atoms with E-state index in [1.165, 1.54) is 13.1 Å². The quantitative estimate of drug-likeness (QED) is 0.911. The molecular formula is C15H15Cl2NO2. The number of rotatable bonds is 4. The van der Waals surface area contributed by atoms with Crippen LogP contribution in [0.1, 0.15) is 18.1 Å². The number of nitrogens with zero attached hydrogens (tertiary/aromatic N) is 1. The van der Waals surface area contributed by atoms with Crippen molar-refractivity contribution in [2.45, 2.75) is 25.0 Å². The first kappa shape index (κ1) is 15.3. The molecule has 0 aliphatic rings. The molecule has 20 heavy (non-hydrogen) atoms. The zero-order chi connectivity index (χ0) is 14.8. The number of benzene rings is 1. The largest absolute Gasteiger partial charge is 0.390 e. The molecule has 2 atom stereocenters. The van der Waals surface area contributed by atoms with Crippen LogP contribution in [0.4, 0.5) is 0 Å². The molecule has 0 saturated heterocycles. The number of hydrogen-bond acceptors (Lipinski definition) is 3. The van der Waals surface area contributed by atoms with Crippen molar-refractivity contribution >= 4 is 23.2 Å². The molecule has 0 saturated carbocycles. The van der Waals surface area contributed by atoms with Gasteiger partial charge in [0.1, 0.15) is 5.60 Å². The van der Waals surface area contributed by atoms with Gasteiger partial charge in [0, 0.05) is 34.4 Å². The van der Waals surface area contributed by atoms with Crippen LogP contribution in [0, 0.1) is 0 Å². The minimum atomic E-state index is -1.45. The number of hydrogen-bond donors (Lipinski definition) is 2. The molecule has 0 spiro atoms. The van der Waals surface area contributed by atoms with Crippen molar-refractivity contribution < 1.29 is 10.2 Å². The third kappa shape index (κ3) is 3.13. The molecule has 3 nitrogen and oxygen atoms in total. The number of halogens is 2. The van der Waals surface area contributed by atoms with Crippen molar-refractivity contribution in [1.82, 2.24) is 4.98 Å². The fraction of sp³-hybridized carbons (Fsp3) is 0.267. The zero-order valence-corrected chi connectivity index (χ0v) is 12.4. The van der Waals surface area contributed by atoms with Gasteiger partial charge in [-0.1, -0.05) is 35.3 Å². The van der Waals surface area contributed by atoms with Crippen LogP contribution < -0.4 is 0 Å². The lowest BCUT2D eigenvalue weighted by atomic mass is 9.84. The van der Waals surface area contributed by atoms with Gasteiger partial charge in [0.05, 0.1) is 6.10 Å². The van der Waals surface area contributed by atoms with Gasteiger partial charge in [-0.15, -0.1) is 0 Å². The summed E-state index contributed by atoms with van der Waals surface area (Å²) in [5.74, 6) is 0. The molecule has 0 radical (unpaired) electrons. The van der Waals surface area contributed by atoms with E-state index in [2.05, 4.69) is 4.98 Å². The van der Waals surface area contributed by atoms with Gasteiger partial charge in [-0.05, 0) is 30.7 Å². The Morgan fingerprint density at radius 3 is 2.60 bits per heavy atom. The average Bonchev–Trinajstić information content (AvgIpc) is 2.42. The SMILES string of the molecule is CC(O)C(O)(Cc1ccc(Cl)cc1Cl)c1cccnc1. The fourth-order valence-electron chi connectivity index (χ4n) is 2.07. The van der Waals surface area contributed by atoms with E-state index in [0.717, 1.165) is 0 Å². The number of aliphatic hydroxyl groups is 2. The monoisotopic (exact) mass is 311 g/mol. The summed E-state index contributed by atoms with van der Waals surface area (Å²) in [6.07, 6.45) is 2.35. The first-order chi connectivity index (χ1) is 9.43. The minimum absolute atomic E-state index is 0.173. The van der Waals surface area contributed by atoms with Crippen molar-refractivity contribution in [3.05, 3.63) is 63.9 Å². The number of aliphatic hydroxyl groups excluding tert-OH is 1. The van der Waals surface area contributed by atoms with Crippen LogP contribution in [0.25, 0.3) is 0 Å². The molecule has 1 aromatic carbocycles. The second kappa shape index (κ2) is 6.10. The maximum atomic E-state index is 10.8. The van der Waals surface area contributed by atoms with E-state index in [4.69, 9.17) is 23.2 Å². The summed E-state index contributed by atoms with van der Waals surface area (Å²) in [5.41, 5.74) is -0.199. The minimum Gasteiger partial charge on any atom is -0.390 e. The summed E-state index contributed by atoms with van der Waals surface area (Å²) in [6, 6.07) is 8.50. The Labute approximate surface area is 127 Å². The predicted octanol–water partition coefficient (Wildman–Crippen LogP) is 3.20. The second-order valence-corrected chi connectivity index (χ2v) is 5.60. The first-order valence-electron chi connectivity index (χ1n) is 6.18. The Balaban J connectivity index is 2.40. The highest BCUT2D eigenvalue weighted by molar-refractivity contribution is 6.35. The lowest BCUT2D eigenvalue weighted by Crippen LogP contribution is -2.40. The van der Waals surface area contributed by atoms with Crippen molar-refractivity contribution in [2.75, 3.05) is 0 Å². The third-order valence-corrected chi connectivity index (χ3v) is 3.91. The summed E-state index contributed by atoms with van der Waals surface area (Å²) in [5, 5.41) is 21.8. The molecule has 0 aliphatic carbocycles. The Hall–Kier alpha value is -1.13. The highest BCUT2D eigenvalue weighted by atomic mass is 35.5. The topological polar surface area (TPSA) is 53.4 Å². The summed E-state index contributed by atoms with van der Waals surface area (Å²) < 4.78 is 0. The van der Waals surface area contributed by atoms with Crippen LogP contribution in [-0.2, 0) is 12.0 Å². The molecule has 5 heteroatoms. The van der Waals surface area contributed by atoms with E-state index in [1.807, 2.05) is 0 Å². The van der Waals surface area contributed by atoms with Crippen LogP contribution in [0.5, 0.6) is 0 Å². The summed E-state index contributed by atoms with van der Waals surface area (Å²) >= 11 is 12.0. The lowest BCUT2D eigenvalue weighted by molar-refractivity contribution is -0.0714. The molecule has 0 amide bonds. The lowest BCUT2D eigenvalue weighted by Gasteiger charge is -2.31. The highest BCUT2D eigenvalue weighted by Crippen LogP contribution is 2.32. The molecule has 2 aromatic rings. The maximum Gasteiger partial charge on any atom is 0.121 e. The van der Waals surface area contributed by atoms with Gasteiger partial charge in [-0.2, -0.15) is 0 Å². The van der Waals surface area contributed by atoms with Crippen molar-refractivity contribution in [3.8, 4) is 0 Å². The molecule has 1 aromatic heterocycles. The second-order valence-electron chi connectivity index (χ2n) is 4.75. The van der Waals surface area contributed by atoms with Gasteiger partial charge in [0.15, 0.2) is 0 Å². The molecule has 0 fully saturated rings. The fourth-order valence-corrected chi connectivity index (χ4v) is 2.54. The Morgan fingerprint density at radius 1 is 1.30 bits per heavy atom.